The largest absolute Gasteiger partial charge is 0.493 e. The molecule has 0 aromatic heterocycles. The van der Waals surface area contributed by atoms with E-state index < -0.39 is 0 Å². The van der Waals surface area contributed by atoms with Crippen LogP contribution < -0.4 is 4.74 Å². The van der Waals surface area contributed by atoms with E-state index in [1.807, 2.05) is 0 Å². The fourth-order valence-electron chi connectivity index (χ4n) is 2.76. The molecule has 2 aliphatic heterocycles. The summed E-state index contributed by atoms with van der Waals surface area (Å²) in [6.45, 7) is 4.91. The van der Waals surface area contributed by atoms with Crippen LogP contribution in [0.15, 0.2) is 18.2 Å². The molecule has 0 saturated carbocycles. The Balaban J connectivity index is 1.54. The van der Waals surface area contributed by atoms with Crippen LogP contribution >= 0.6 is 15.9 Å². The Morgan fingerprint density at radius 3 is 3.16 bits per heavy atom. The van der Waals surface area contributed by atoms with E-state index in [1.54, 1.807) is 0 Å². The smallest absolute Gasteiger partial charge is 0.122 e. The van der Waals surface area contributed by atoms with Crippen LogP contribution in [0.3, 0.4) is 0 Å². The molecule has 0 aliphatic carbocycles. The van der Waals surface area contributed by atoms with E-state index in [2.05, 4.69) is 39.0 Å². The third-order valence-electron chi connectivity index (χ3n) is 3.87. The third-order valence-corrected chi connectivity index (χ3v) is 4.59. The summed E-state index contributed by atoms with van der Waals surface area (Å²) in [7, 11) is 0. The molecule has 104 valence electrons. The molecule has 3 nitrogen and oxygen atoms in total. The Kier molecular flexibility index (Phi) is 4.41. The first-order chi connectivity index (χ1) is 9.35. The topological polar surface area (TPSA) is 21.7 Å². The van der Waals surface area contributed by atoms with Gasteiger partial charge in [0.25, 0.3) is 0 Å². The molecule has 4 heteroatoms. The maximum absolute atomic E-state index is 5.66. The Bertz CT molecular complexity index is 438. The molecule has 2 aliphatic rings. The molecule has 1 fully saturated rings. The van der Waals surface area contributed by atoms with E-state index in [0.29, 0.717) is 6.10 Å². The number of alkyl halides is 1. The maximum Gasteiger partial charge on any atom is 0.122 e. The summed E-state index contributed by atoms with van der Waals surface area (Å²) in [4.78, 5) is 2.50. The quantitative estimate of drug-likeness (QED) is 0.793. The van der Waals surface area contributed by atoms with Gasteiger partial charge in [-0.25, -0.2) is 0 Å². The van der Waals surface area contributed by atoms with E-state index >= 15 is 0 Å². The van der Waals surface area contributed by atoms with Gasteiger partial charge in [0.2, 0.25) is 0 Å². The molecule has 2 heterocycles. The van der Waals surface area contributed by atoms with Crippen LogP contribution in [0.5, 0.6) is 5.75 Å². The van der Waals surface area contributed by atoms with Crippen LogP contribution in [0.1, 0.15) is 11.1 Å². The Morgan fingerprint density at radius 1 is 1.32 bits per heavy atom. The lowest BCUT2D eigenvalue weighted by Crippen LogP contribution is -2.43. The highest BCUT2D eigenvalue weighted by molar-refractivity contribution is 9.09. The SMILES string of the molecule is BrCC1CN(CCc2ccc3c(c2)CCO3)CCO1. The average Bonchev–Trinajstić information content (AvgIpc) is 2.93. The third kappa shape index (κ3) is 3.30. The van der Waals surface area contributed by atoms with E-state index in [-0.39, 0.29) is 0 Å². The number of hydrogen-bond acceptors (Lipinski definition) is 3. The lowest BCUT2D eigenvalue weighted by molar-refractivity contribution is -0.0146. The predicted octanol–water partition coefficient (Wildman–Crippen LogP) is 2.26. The predicted molar refractivity (Wildman–Crippen MR) is 79.3 cm³/mol. The van der Waals surface area contributed by atoms with Crippen molar-refractivity contribution in [3.05, 3.63) is 29.3 Å². The summed E-state index contributed by atoms with van der Waals surface area (Å²) in [6.07, 6.45) is 2.52. The number of hydrogen-bond donors (Lipinski definition) is 0. The van der Waals surface area contributed by atoms with Gasteiger partial charge in [-0.05, 0) is 23.6 Å². The number of morpholine rings is 1. The highest BCUT2D eigenvalue weighted by Crippen LogP contribution is 2.26. The van der Waals surface area contributed by atoms with Crippen molar-refractivity contribution in [2.24, 2.45) is 0 Å². The van der Waals surface area contributed by atoms with E-state index in [1.165, 1.54) is 11.1 Å². The molecule has 1 aromatic rings. The zero-order chi connectivity index (χ0) is 13.1. The van der Waals surface area contributed by atoms with Gasteiger partial charge in [0.05, 0.1) is 19.3 Å². The second-order valence-electron chi connectivity index (χ2n) is 5.24. The second kappa shape index (κ2) is 6.25. The molecule has 1 saturated heterocycles. The van der Waals surface area contributed by atoms with Crippen LogP contribution in [-0.2, 0) is 17.6 Å². The minimum atomic E-state index is 0.349. The zero-order valence-electron chi connectivity index (χ0n) is 11.1. The van der Waals surface area contributed by atoms with Crippen molar-refractivity contribution in [1.29, 1.82) is 0 Å². The van der Waals surface area contributed by atoms with Crippen LogP contribution in [0.25, 0.3) is 0 Å². The number of fused-ring (bicyclic) bond motifs is 1. The maximum atomic E-state index is 5.66. The van der Waals surface area contributed by atoms with E-state index in [4.69, 9.17) is 9.47 Å². The summed E-state index contributed by atoms with van der Waals surface area (Å²) in [6, 6.07) is 6.63. The van der Waals surface area contributed by atoms with Crippen LogP contribution in [0.4, 0.5) is 0 Å². The number of ether oxygens (including phenoxy) is 2. The van der Waals surface area contributed by atoms with Gasteiger partial charge < -0.3 is 9.47 Å². The first kappa shape index (κ1) is 13.4. The molecule has 1 aromatic carbocycles. The number of benzene rings is 1. The Morgan fingerprint density at radius 2 is 2.26 bits per heavy atom. The lowest BCUT2D eigenvalue weighted by atomic mass is 10.1. The zero-order valence-corrected chi connectivity index (χ0v) is 12.7. The minimum Gasteiger partial charge on any atom is -0.493 e. The second-order valence-corrected chi connectivity index (χ2v) is 5.89. The molecular formula is C15H20BrNO2. The molecule has 1 unspecified atom stereocenters. The Hall–Kier alpha value is -0.580. The van der Waals surface area contributed by atoms with Crippen molar-refractivity contribution in [3.63, 3.8) is 0 Å². The van der Waals surface area contributed by atoms with Crippen molar-refractivity contribution in [3.8, 4) is 5.75 Å². The van der Waals surface area contributed by atoms with Crippen molar-refractivity contribution in [2.75, 3.05) is 38.2 Å². The van der Waals surface area contributed by atoms with Gasteiger partial charge >= 0.3 is 0 Å². The molecule has 19 heavy (non-hydrogen) atoms. The van der Waals surface area contributed by atoms with Crippen molar-refractivity contribution >= 4 is 15.9 Å². The fourth-order valence-corrected chi connectivity index (χ4v) is 3.15. The standard InChI is InChI=1S/C15H20BrNO2/c16-10-14-11-17(6-8-18-14)5-3-12-1-2-15-13(9-12)4-7-19-15/h1-2,9,14H,3-8,10-11H2. The molecule has 0 radical (unpaired) electrons. The summed E-state index contributed by atoms with van der Waals surface area (Å²) in [5.41, 5.74) is 2.80. The lowest BCUT2D eigenvalue weighted by Gasteiger charge is -2.32. The van der Waals surface area contributed by atoms with Crippen molar-refractivity contribution < 1.29 is 9.47 Å². The molecule has 0 amide bonds. The normalized spacial score (nSPS) is 23.1. The van der Waals surface area contributed by atoms with Crippen LogP contribution in [0.2, 0.25) is 0 Å². The van der Waals surface area contributed by atoms with Gasteiger partial charge in [-0.3, -0.25) is 4.90 Å². The van der Waals surface area contributed by atoms with Crippen molar-refractivity contribution in [1.82, 2.24) is 4.90 Å². The highest BCUT2D eigenvalue weighted by Gasteiger charge is 2.19. The molecule has 0 bridgehead atoms. The molecule has 3 rings (SSSR count). The van der Waals surface area contributed by atoms with Gasteiger partial charge in [0.1, 0.15) is 5.75 Å². The first-order valence-electron chi connectivity index (χ1n) is 6.99. The molecule has 0 N–H and O–H groups in total. The average molecular weight is 326 g/mol. The summed E-state index contributed by atoms with van der Waals surface area (Å²) < 4.78 is 11.2. The number of halogens is 1. The van der Waals surface area contributed by atoms with E-state index in [9.17, 15) is 0 Å². The monoisotopic (exact) mass is 325 g/mol. The summed E-state index contributed by atoms with van der Waals surface area (Å²) in [5.74, 6) is 1.08. The van der Waals surface area contributed by atoms with Crippen molar-refractivity contribution in [2.45, 2.75) is 18.9 Å². The molecular weight excluding hydrogens is 306 g/mol. The van der Waals surface area contributed by atoms with Gasteiger partial charge in [-0.15, -0.1) is 0 Å². The number of rotatable bonds is 4. The van der Waals surface area contributed by atoms with Crippen LogP contribution in [0, 0.1) is 0 Å². The van der Waals surface area contributed by atoms with Gasteiger partial charge in [-0.1, -0.05) is 28.1 Å². The first-order valence-corrected chi connectivity index (χ1v) is 8.12. The summed E-state index contributed by atoms with van der Waals surface area (Å²) in [5, 5.41) is 0.930. The summed E-state index contributed by atoms with van der Waals surface area (Å²) >= 11 is 3.50. The molecule has 0 spiro atoms. The fraction of sp³-hybridized carbons (Fsp3) is 0.600. The van der Waals surface area contributed by atoms with E-state index in [0.717, 1.165) is 56.8 Å². The van der Waals surface area contributed by atoms with Gasteiger partial charge in [0.15, 0.2) is 0 Å². The molecule has 1 atom stereocenters. The van der Waals surface area contributed by atoms with Gasteiger partial charge in [0, 0.05) is 31.4 Å². The Labute approximate surface area is 123 Å². The minimum absolute atomic E-state index is 0.349. The number of nitrogens with zero attached hydrogens (tertiary/aromatic N) is 1. The van der Waals surface area contributed by atoms with Crippen LogP contribution in [-0.4, -0.2) is 49.2 Å². The highest BCUT2D eigenvalue weighted by atomic mass is 79.9. The van der Waals surface area contributed by atoms with Gasteiger partial charge in [-0.2, -0.15) is 0 Å².